The maximum absolute atomic E-state index is 13.1. The normalized spacial score (nSPS) is 11.8. The minimum Gasteiger partial charge on any atom is -0.495 e. The molecule has 152 valence electrons. The van der Waals surface area contributed by atoms with Crippen LogP contribution in [0.15, 0.2) is 71.2 Å². The standard InChI is InChI=1S/C21H17ClN4O2S2/c1-28-16-10-9-14(12-15(16)22)23-20(27)18(13-6-3-2-4-7-13)30-21-24-19(25-26-21)17-8-5-11-29-17/h2-12,18H,1H3,(H,23,27)(H,24,25,26). The van der Waals surface area contributed by atoms with Crippen LogP contribution in [-0.2, 0) is 4.79 Å². The highest BCUT2D eigenvalue weighted by Gasteiger charge is 2.24. The number of H-pyrrole nitrogens is 1. The van der Waals surface area contributed by atoms with Crippen LogP contribution in [0.5, 0.6) is 5.75 Å². The Hall–Kier alpha value is -2.81. The van der Waals surface area contributed by atoms with E-state index in [1.807, 2.05) is 47.8 Å². The Labute approximate surface area is 186 Å². The van der Waals surface area contributed by atoms with E-state index >= 15 is 0 Å². The summed E-state index contributed by atoms with van der Waals surface area (Å²) in [5, 5.41) is 12.5. The van der Waals surface area contributed by atoms with Crippen LogP contribution in [0.4, 0.5) is 5.69 Å². The fourth-order valence-electron chi connectivity index (χ4n) is 2.78. The van der Waals surface area contributed by atoms with Gasteiger partial charge in [-0.15, -0.1) is 16.4 Å². The zero-order chi connectivity index (χ0) is 20.9. The van der Waals surface area contributed by atoms with E-state index in [0.29, 0.717) is 27.4 Å². The first-order valence-corrected chi connectivity index (χ1v) is 11.1. The van der Waals surface area contributed by atoms with Gasteiger partial charge in [-0.25, -0.2) is 4.98 Å². The lowest BCUT2D eigenvalue weighted by Gasteiger charge is -2.16. The van der Waals surface area contributed by atoms with Gasteiger partial charge in [-0.1, -0.05) is 59.8 Å². The van der Waals surface area contributed by atoms with Crippen molar-refractivity contribution in [3.05, 3.63) is 76.6 Å². The Morgan fingerprint density at radius 2 is 2.03 bits per heavy atom. The maximum Gasteiger partial charge on any atom is 0.242 e. The Balaban J connectivity index is 1.57. The summed E-state index contributed by atoms with van der Waals surface area (Å²) >= 11 is 9.04. The number of halogens is 1. The average Bonchev–Trinajstić information content (AvgIpc) is 3.44. The van der Waals surface area contributed by atoms with Crippen molar-refractivity contribution in [2.24, 2.45) is 0 Å². The molecule has 0 bridgehead atoms. The van der Waals surface area contributed by atoms with E-state index in [4.69, 9.17) is 16.3 Å². The Bertz CT molecular complexity index is 1130. The number of aromatic amines is 1. The molecule has 4 rings (SSSR count). The van der Waals surface area contributed by atoms with E-state index < -0.39 is 5.25 Å². The summed E-state index contributed by atoms with van der Waals surface area (Å²) in [5.74, 6) is 1.03. The van der Waals surface area contributed by atoms with Crippen LogP contribution >= 0.6 is 34.7 Å². The van der Waals surface area contributed by atoms with Crippen molar-refractivity contribution in [2.75, 3.05) is 12.4 Å². The third kappa shape index (κ3) is 4.67. The van der Waals surface area contributed by atoms with Gasteiger partial charge in [0.15, 0.2) is 5.82 Å². The molecule has 6 nitrogen and oxygen atoms in total. The summed E-state index contributed by atoms with van der Waals surface area (Å²) in [6, 6.07) is 18.6. The van der Waals surface area contributed by atoms with Gasteiger partial charge in [-0.05, 0) is 35.2 Å². The summed E-state index contributed by atoms with van der Waals surface area (Å²) in [5.41, 5.74) is 1.43. The number of carbonyl (C=O) groups excluding carboxylic acids is 1. The van der Waals surface area contributed by atoms with E-state index in [0.717, 1.165) is 10.4 Å². The minimum atomic E-state index is -0.543. The zero-order valence-electron chi connectivity index (χ0n) is 15.8. The molecule has 30 heavy (non-hydrogen) atoms. The predicted octanol–water partition coefficient (Wildman–Crippen LogP) is 5.67. The summed E-state index contributed by atoms with van der Waals surface area (Å²) in [6.07, 6.45) is 0. The lowest BCUT2D eigenvalue weighted by Crippen LogP contribution is -2.19. The Morgan fingerprint density at radius 3 is 2.73 bits per heavy atom. The highest BCUT2D eigenvalue weighted by atomic mass is 35.5. The summed E-state index contributed by atoms with van der Waals surface area (Å²) in [6.45, 7) is 0. The molecule has 2 aromatic heterocycles. The molecule has 0 radical (unpaired) electrons. The number of anilines is 1. The predicted molar refractivity (Wildman–Crippen MR) is 121 cm³/mol. The molecule has 0 aliphatic heterocycles. The smallest absolute Gasteiger partial charge is 0.242 e. The molecule has 2 aromatic carbocycles. The van der Waals surface area contributed by atoms with E-state index in [1.54, 1.807) is 36.6 Å². The van der Waals surface area contributed by atoms with Gasteiger partial charge in [-0.2, -0.15) is 0 Å². The number of carbonyl (C=O) groups is 1. The van der Waals surface area contributed by atoms with Crippen LogP contribution in [0.3, 0.4) is 0 Å². The molecule has 1 amide bonds. The summed E-state index contributed by atoms with van der Waals surface area (Å²) < 4.78 is 5.17. The highest BCUT2D eigenvalue weighted by molar-refractivity contribution is 8.00. The summed E-state index contributed by atoms with van der Waals surface area (Å²) in [7, 11) is 1.54. The monoisotopic (exact) mass is 456 g/mol. The van der Waals surface area contributed by atoms with Crippen LogP contribution in [0.2, 0.25) is 5.02 Å². The molecule has 0 saturated heterocycles. The number of thiophene rings is 1. The lowest BCUT2D eigenvalue weighted by molar-refractivity contribution is -0.115. The second-order valence-electron chi connectivity index (χ2n) is 6.19. The van der Waals surface area contributed by atoms with Crippen LogP contribution in [0, 0.1) is 0 Å². The molecule has 4 aromatic rings. The Kier molecular flexibility index (Phi) is 6.37. The van der Waals surface area contributed by atoms with Crippen LogP contribution < -0.4 is 10.1 Å². The van der Waals surface area contributed by atoms with Crippen molar-refractivity contribution in [2.45, 2.75) is 10.4 Å². The molecule has 0 spiro atoms. The number of ether oxygens (including phenoxy) is 1. The van der Waals surface area contributed by atoms with E-state index in [-0.39, 0.29) is 5.91 Å². The van der Waals surface area contributed by atoms with Crippen molar-refractivity contribution in [1.82, 2.24) is 15.2 Å². The molecule has 2 N–H and O–H groups in total. The van der Waals surface area contributed by atoms with Gasteiger partial charge < -0.3 is 10.1 Å². The van der Waals surface area contributed by atoms with Crippen molar-refractivity contribution >= 4 is 46.3 Å². The molecule has 2 heterocycles. The topological polar surface area (TPSA) is 79.9 Å². The minimum absolute atomic E-state index is 0.199. The van der Waals surface area contributed by atoms with E-state index in [9.17, 15) is 4.79 Å². The van der Waals surface area contributed by atoms with Crippen molar-refractivity contribution in [3.63, 3.8) is 0 Å². The van der Waals surface area contributed by atoms with Crippen molar-refractivity contribution in [1.29, 1.82) is 0 Å². The number of aromatic nitrogens is 3. The Morgan fingerprint density at radius 1 is 1.20 bits per heavy atom. The first kappa shape index (κ1) is 20.5. The number of hydrogen-bond acceptors (Lipinski definition) is 6. The third-order valence-corrected chi connectivity index (χ3v) is 6.49. The van der Waals surface area contributed by atoms with Crippen LogP contribution in [0.25, 0.3) is 10.7 Å². The molecule has 1 unspecified atom stereocenters. The molecule has 0 fully saturated rings. The number of methoxy groups -OCH3 is 1. The molecule has 0 aliphatic carbocycles. The molecule has 0 saturated carbocycles. The van der Waals surface area contributed by atoms with Gasteiger partial charge >= 0.3 is 0 Å². The molecule has 0 aliphatic rings. The molecular weight excluding hydrogens is 440 g/mol. The van der Waals surface area contributed by atoms with Gasteiger partial charge in [0.25, 0.3) is 0 Å². The maximum atomic E-state index is 13.1. The molecule has 1 atom stereocenters. The SMILES string of the molecule is COc1ccc(NC(=O)C(Sc2n[nH]c(-c3cccs3)n2)c2ccccc2)cc1Cl. The quantitative estimate of drug-likeness (QED) is 0.350. The fraction of sp³-hybridized carbons (Fsp3) is 0.0952. The van der Waals surface area contributed by atoms with Crippen LogP contribution in [0.1, 0.15) is 10.8 Å². The largest absolute Gasteiger partial charge is 0.495 e. The highest BCUT2D eigenvalue weighted by Crippen LogP contribution is 2.36. The lowest BCUT2D eigenvalue weighted by atomic mass is 10.1. The first-order chi connectivity index (χ1) is 14.6. The molecule has 9 heteroatoms. The third-order valence-electron chi connectivity index (χ3n) is 4.20. The van der Waals surface area contributed by atoms with Crippen LogP contribution in [-0.4, -0.2) is 28.2 Å². The van der Waals surface area contributed by atoms with Crippen molar-refractivity contribution in [3.8, 4) is 16.5 Å². The first-order valence-electron chi connectivity index (χ1n) is 8.96. The van der Waals surface area contributed by atoms with Gasteiger partial charge in [0, 0.05) is 5.69 Å². The van der Waals surface area contributed by atoms with E-state index in [2.05, 4.69) is 20.5 Å². The zero-order valence-corrected chi connectivity index (χ0v) is 18.2. The second kappa shape index (κ2) is 9.34. The second-order valence-corrected chi connectivity index (χ2v) is 8.62. The number of hydrogen-bond donors (Lipinski definition) is 2. The number of nitrogens with one attached hydrogen (secondary N) is 2. The number of amides is 1. The van der Waals surface area contributed by atoms with Gasteiger partial charge in [0.2, 0.25) is 11.1 Å². The van der Waals surface area contributed by atoms with E-state index in [1.165, 1.54) is 11.8 Å². The number of benzene rings is 2. The van der Waals surface area contributed by atoms with Gasteiger partial charge in [0.05, 0.1) is 17.0 Å². The van der Waals surface area contributed by atoms with Crippen molar-refractivity contribution < 1.29 is 9.53 Å². The molecular formula is C21H17ClN4O2S2. The van der Waals surface area contributed by atoms with Gasteiger partial charge in [0.1, 0.15) is 11.0 Å². The van der Waals surface area contributed by atoms with Gasteiger partial charge in [-0.3, -0.25) is 9.89 Å². The average molecular weight is 457 g/mol. The summed E-state index contributed by atoms with van der Waals surface area (Å²) in [4.78, 5) is 18.7. The number of thioether (sulfide) groups is 1. The fourth-order valence-corrected chi connectivity index (χ4v) is 4.61. The number of rotatable bonds is 7. The number of nitrogens with zero attached hydrogens (tertiary/aromatic N) is 2.